The fraction of sp³-hybridized carbons (Fsp3) is 0.385. The van der Waals surface area contributed by atoms with Crippen LogP contribution in [0.2, 0.25) is 0 Å². The fourth-order valence-electron chi connectivity index (χ4n) is 2.36. The summed E-state index contributed by atoms with van der Waals surface area (Å²) in [5.41, 5.74) is -0.0995. The van der Waals surface area contributed by atoms with Crippen LogP contribution >= 0.6 is 0 Å². The SMILES string of the molecule is CS(=O)(=O)N1CCN(C(C(=O)O)c2ccc(F)c(F)c2)C(=O)C1. The molecule has 1 heterocycles. The first-order valence-corrected chi connectivity index (χ1v) is 8.38. The Hall–Kier alpha value is -2.07. The molecule has 0 saturated carbocycles. The number of benzene rings is 1. The first kappa shape index (κ1) is 17.3. The van der Waals surface area contributed by atoms with Crippen LogP contribution in [0.3, 0.4) is 0 Å². The first-order valence-electron chi connectivity index (χ1n) is 6.53. The van der Waals surface area contributed by atoms with Crippen molar-refractivity contribution in [2.45, 2.75) is 6.04 Å². The molecule has 0 aliphatic carbocycles. The highest BCUT2D eigenvalue weighted by molar-refractivity contribution is 7.88. The molecule has 1 fully saturated rings. The second-order valence-electron chi connectivity index (χ2n) is 5.10. The van der Waals surface area contributed by atoms with E-state index < -0.39 is 46.1 Å². The number of sulfonamides is 1. The lowest BCUT2D eigenvalue weighted by molar-refractivity contribution is -0.152. The molecule has 1 saturated heterocycles. The summed E-state index contributed by atoms with van der Waals surface area (Å²) >= 11 is 0. The minimum absolute atomic E-state index is 0.0714. The third kappa shape index (κ3) is 3.64. The third-order valence-corrected chi connectivity index (χ3v) is 4.75. The summed E-state index contributed by atoms with van der Waals surface area (Å²) < 4.78 is 50.1. The van der Waals surface area contributed by atoms with Gasteiger partial charge in [-0.15, -0.1) is 0 Å². The van der Waals surface area contributed by atoms with Crippen LogP contribution in [0, 0.1) is 11.6 Å². The summed E-state index contributed by atoms with van der Waals surface area (Å²) in [7, 11) is -3.58. The van der Waals surface area contributed by atoms with Crippen LogP contribution in [-0.2, 0) is 19.6 Å². The molecule has 23 heavy (non-hydrogen) atoms. The zero-order chi connectivity index (χ0) is 17.4. The van der Waals surface area contributed by atoms with Crippen molar-refractivity contribution in [1.82, 2.24) is 9.21 Å². The summed E-state index contributed by atoms with van der Waals surface area (Å²) in [6.45, 7) is -0.730. The van der Waals surface area contributed by atoms with Gasteiger partial charge in [-0.25, -0.2) is 22.0 Å². The van der Waals surface area contributed by atoms with Crippen molar-refractivity contribution in [3.05, 3.63) is 35.4 Å². The van der Waals surface area contributed by atoms with Crippen molar-refractivity contribution in [3.8, 4) is 0 Å². The van der Waals surface area contributed by atoms with E-state index in [0.717, 1.165) is 27.6 Å². The Balaban J connectivity index is 2.31. The quantitative estimate of drug-likeness (QED) is 0.838. The van der Waals surface area contributed by atoms with Gasteiger partial charge in [0.2, 0.25) is 15.9 Å². The van der Waals surface area contributed by atoms with Crippen molar-refractivity contribution in [3.63, 3.8) is 0 Å². The van der Waals surface area contributed by atoms with Crippen molar-refractivity contribution >= 4 is 21.9 Å². The Morgan fingerprint density at radius 3 is 2.39 bits per heavy atom. The summed E-state index contributed by atoms with van der Waals surface area (Å²) in [6.07, 6.45) is 0.944. The van der Waals surface area contributed by atoms with Crippen molar-refractivity contribution in [2.24, 2.45) is 0 Å². The maximum Gasteiger partial charge on any atom is 0.331 e. The number of aliphatic carboxylic acids is 1. The summed E-state index contributed by atoms with van der Waals surface area (Å²) in [5.74, 6) is -4.50. The molecule has 1 N–H and O–H groups in total. The number of halogens is 2. The third-order valence-electron chi connectivity index (χ3n) is 3.50. The zero-order valence-electron chi connectivity index (χ0n) is 12.1. The molecule has 1 aliphatic heterocycles. The number of rotatable bonds is 4. The van der Waals surface area contributed by atoms with E-state index in [0.29, 0.717) is 6.07 Å². The maximum atomic E-state index is 13.3. The lowest BCUT2D eigenvalue weighted by Crippen LogP contribution is -2.54. The van der Waals surface area contributed by atoms with Crippen molar-refractivity contribution in [2.75, 3.05) is 25.9 Å². The lowest BCUT2D eigenvalue weighted by Gasteiger charge is -2.36. The minimum atomic E-state index is -3.58. The summed E-state index contributed by atoms with van der Waals surface area (Å²) in [4.78, 5) is 24.5. The van der Waals surface area contributed by atoms with E-state index in [-0.39, 0.29) is 18.7 Å². The molecular formula is C13H14F2N2O5S. The monoisotopic (exact) mass is 348 g/mol. The van der Waals surface area contributed by atoms with Gasteiger partial charge in [-0.1, -0.05) is 6.07 Å². The van der Waals surface area contributed by atoms with Gasteiger partial charge < -0.3 is 10.0 Å². The number of hydrogen-bond acceptors (Lipinski definition) is 4. The number of amides is 1. The molecule has 0 aromatic heterocycles. The zero-order valence-corrected chi connectivity index (χ0v) is 12.9. The van der Waals surface area contributed by atoms with E-state index >= 15 is 0 Å². The second kappa shape index (κ2) is 6.20. The largest absolute Gasteiger partial charge is 0.479 e. The van der Waals surface area contributed by atoms with Crippen LogP contribution in [-0.4, -0.2) is 60.5 Å². The molecule has 10 heteroatoms. The molecule has 0 bridgehead atoms. The van der Waals surface area contributed by atoms with Gasteiger partial charge in [-0.2, -0.15) is 4.31 Å². The van der Waals surface area contributed by atoms with Crippen LogP contribution in [0.5, 0.6) is 0 Å². The Morgan fingerprint density at radius 2 is 1.91 bits per heavy atom. The average molecular weight is 348 g/mol. The molecule has 2 rings (SSSR count). The molecule has 7 nitrogen and oxygen atoms in total. The number of carbonyl (C=O) groups is 2. The van der Waals surface area contributed by atoms with E-state index in [1.165, 1.54) is 0 Å². The summed E-state index contributed by atoms with van der Waals surface area (Å²) in [5, 5.41) is 9.34. The van der Waals surface area contributed by atoms with E-state index in [2.05, 4.69) is 0 Å². The highest BCUT2D eigenvalue weighted by Gasteiger charge is 2.37. The van der Waals surface area contributed by atoms with Gasteiger partial charge in [0.25, 0.3) is 0 Å². The van der Waals surface area contributed by atoms with Crippen molar-refractivity contribution in [1.29, 1.82) is 0 Å². The Kier molecular flexibility index (Phi) is 4.66. The first-order chi connectivity index (χ1) is 10.6. The molecule has 0 radical (unpaired) electrons. The molecule has 126 valence electrons. The van der Waals surface area contributed by atoms with Gasteiger partial charge in [0.15, 0.2) is 17.7 Å². The van der Waals surface area contributed by atoms with Crippen LogP contribution in [0.4, 0.5) is 8.78 Å². The molecule has 1 aromatic rings. The van der Waals surface area contributed by atoms with Crippen LogP contribution in [0.25, 0.3) is 0 Å². The van der Waals surface area contributed by atoms with E-state index in [1.54, 1.807) is 0 Å². The number of carboxylic acid groups (broad SMARTS) is 1. The normalized spacial score (nSPS) is 18.0. The molecule has 0 spiro atoms. The molecule has 1 aliphatic rings. The highest BCUT2D eigenvalue weighted by Crippen LogP contribution is 2.25. The number of carbonyl (C=O) groups excluding carboxylic acids is 1. The number of piperazine rings is 1. The van der Waals surface area contributed by atoms with E-state index in [1.807, 2.05) is 0 Å². The van der Waals surface area contributed by atoms with Crippen LogP contribution in [0.1, 0.15) is 11.6 Å². The molecular weight excluding hydrogens is 334 g/mol. The second-order valence-corrected chi connectivity index (χ2v) is 7.08. The average Bonchev–Trinajstić information content (AvgIpc) is 2.43. The van der Waals surface area contributed by atoms with E-state index in [4.69, 9.17) is 0 Å². The maximum absolute atomic E-state index is 13.3. The lowest BCUT2D eigenvalue weighted by atomic mass is 10.0. The predicted octanol–water partition coefficient (Wildman–Crippen LogP) is 0.194. The topological polar surface area (TPSA) is 95.0 Å². The number of nitrogens with zero attached hydrogens (tertiary/aromatic N) is 2. The Bertz CT molecular complexity index is 753. The molecule has 1 atom stereocenters. The fourth-order valence-corrected chi connectivity index (χ4v) is 3.12. The van der Waals surface area contributed by atoms with Gasteiger partial charge in [0.1, 0.15) is 0 Å². The molecule has 1 amide bonds. The van der Waals surface area contributed by atoms with E-state index in [9.17, 15) is 31.9 Å². The molecule has 1 aromatic carbocycles. The van der Waals surface area contributed by atoms with Crippen molar-refractivity contribution < 1.29 is 31.9 Å². The number of carboxylic acids is 1. The number of hydrogen-bond donors (Lipinski definition) is 1. The van der Waals surface area contributed by atoms with Crippen LogP contribution in [0.15, 0.2) is 18.2 Å². The smallest absolute Gasteiger partial charge is 0.331 e. The summed E-state index contributed by atoms with van der Waals surface area (Å²) in [6, 6.07) is 1.05. The van der Waals surface area contributed by atoms with Gasteiger partial charge in [-0.3, -0.25) is 4.79 Å². The standard InChI is InChI=1S/C13H14F2N2O5S/c1-23(21,22)16-4-5-17(11(18)7-16)12(13(19)20)8-2-3-9(14)10(15)6-8/h2-3,6,12H,4-5,7H2,1H3,(H,19,20). The Morgan fingerprint density at radius 1 is 1.26 bits per heavy atom. The Labute approximate surface area is 131 Å². The van der Waals surface area contributed by atoms with Gasteiger partial charge in [-0.05, 0) is 17.7 Å². The van der Waals surface area contributed by atoms with Gasteiger partial charge in [0, 0.05) is 13.1 Å². The highest BCUT2D eigenvalue weighted by atomic mass is 32.2. The van der Waals surface area contributed by atoms with Gasteiger partial charge in [0.05, 0.1) is 12.8 Å². The minimum Gasteiger partial charge on any atom is -0.479 e. The molecule has 1 unspecified atom stereocenters. The van der Waals surface area contributed by atoms with Crippen LogP contribution < -0.4 is 0 Å². The predicted molar refractivity (Wildman–Crippen MR) is 74.9 cm³/mol. The van der Waals surface area contributed by atoms with Gasteiger partial charge >= 0.3 is 5.97 Å².